The van der Waals surface area contributed by atoms with E-state index in [9.17, 15) is 0 Å². The standard InChI is InChI=1S/C14H18N2O/c1-2-5-11(6-3-1)8-9-13-16-12-7-4-10-15-14(12)17-13/h4,7,10-11H,1-3,5-6,8-9H2. The van der Waals surface area contributed by atoms with Crippen molar-refractivity contribution in [1.29, 1.82) is 0 Å². The number of hydrogen-bond acceptors (Lipinski definition) is 3. The number of fused-ring (bicyclic) bond motifs is 1. The first-order valence-electron chi connectivity index (χ1n) is 6.62. The van der Waals surface area contributed by atoms with Crippen LogP contribution in [-0.4, -0.2) is 9.97 Å². The fourth-order valence-electron chi connectivity index (χ4n) is 2.73. The molecule has 0 radical (unpaired) electrons. The van der Waals surface area contributed by atoms with Crippen molar-refractivity contribution < 1.29 is 4.42 Å². The Morgan fingerprint density at radius 2 is 2.12 bits per heavy atom. The summed E-state index contributed by atoms with van der Waals surface area (Å²) in [5, 5.41) is 0. The quantitative estimate of drug-likeness (QED) is 0.806. The van der Waals surface area contributed by atoms with Crippen molar-refractivity contribution in [3.63, 3.8) is 0 Å². The van der Waals surface area contributed by atoms with Crippen LogP contribution in [0, 0.1) is 5.92 Å². The van der Waals surface area contributed by atoms with Crippen molar-refractivity contribution in [1.82, 2.24) is 9.97 Å². The summed E-state index contributed by atoms with van der Waals surface area (Å²) in [5.74, 6) is 1.73. The molecule has 90 valence electrons. The van der Waals surface area contributed by atoms with Crippen LogP contribution in [0.25, 0.3) is 11.2 Å². The van der Waals surface area contributed by atoms with Crippen LogP contribution < -0.4 is 0 Å². The molecule has 0 aliphatic heterocycles. The average Bonchev–Trinajstić information content (AvgIpc) is 2.80. The van der Waals surface area contributed by atoms with Crippen molar-refractivity contribution >= 4 is 11.2 Å². The highest BCUT2D eigenvalue weighted by atomic mass is 16.4. The number of pyridine rings is 1. The molecule has 1 saturated carbocycles. The fourth-order valence-corrected chi connectivity index (χ4v) is 2.73. The fraction of sp³-hybridized carbons (Fsp3) is 0.571. The Kier molecular flexibility index (Phi) is 3.08. The van der Waals surface area contributed by atoms with Gasteiger partial charge in [0, 0.05) is 12.6 Å². The Morgan fingerprint density at radius 3 is 2.94 bits per heavy atom. The Bertz CT molecular complexity index is 453. The van der Waals surface area contributed by atoms with Gasteiger partial charge in [-0.25, -0.2) is 9.97 Å². The van der Waals surface area contributed by atoms with E-state index in [4.69, 9.17) is 4.42 Å². The van der Waals surface area contributed by atoms with Gasteiger partial charge < -0.3 is 4.42 Å². The summed E-state index contributed by atoms with van der Waals surface area (Å²) in [4.78, 5) is 8.64. The van der Waals surface area contributed by atoms with Crippen molar-refractivity contribution in [3.05, 3.63) is 24.2 Å². The smallest absolute Gasteiger partial charge is 0.246 e. The minimum atomic E-state index is 0.672. The number of hydrogen-bond donors (Lipinski definition) is 0. The van der Waals surface area contributed by atoms with Gasteiger partial charge >= 0.3 is 0 Å². The zero-order valence-corrected chi connectivity index (χ0v) is 10.1. The molecule has 2 aromatic heterocycles. The minimum Gasteiger partial charge on any atom is -0.422 e. The van der Waals surface area contributed by atoms with Crippen LogP contribution in [0.1, 0.15) is 44.4 Å². The van der Waals surface area contributed by atoms with Gasteiger partial charge in [0.1, 0.15) is 5.52 Å². The Labute approximate surface area is 101 Å². The van der Waals surface area contributed by atoms with Gasteiger partial charge in [0.25, 0.3) is 0 Å². The van der Waals surface area contributed by atoms with E-state index in [-0.39, 0.29) is 0 Å². The topological polar surface area (TPSA) is 38.9 Å². The van der Waals surface area contributed by atoms with E-state index in [1.807, 2.05) is 12.1 Å². The highest BCUT2D eigenvalue weighted by molar-refractivity contribution is 5.67. The first-order valence-corrected chi connectivity index (χ1v) is 6.62. The maximum absolute atomic E-state index is 5.64. The van der Waals surface area contributed by atoms with Crippen LogP contribution in [0.4, 0.5) is 0 Å². The molecule has 0 bridgehead atoms. The Hall–Kier alpha value is -1.38. The summed E-state index contributed by atoms with van der Waals surface area (Å²) in [6.07, 6.45) is 10.9. The summed E-state index contributed by atoms with van der Waals surface area (Å²) in [5.41, 5.74) is 1.55. The molecule has 1 aliphatic carbocycles. The summed E-state index contributed by atoms with van der Waals surface area (Å²) < 4.78 is 5.64. The third kappa shape index (κ3) is 2.48. The SMILES string of the molecule is c1cnc2oc(CCC3CCCCC3)nc2c1. The third-order valence-electron chi connectivity index (χ3n) is 3.70. The zero-order valence-electron chi connectivity index (χ0n) is 10.1. The van der Waals surface area contributed by atoms with Crippen molar-refractivity contribution in [3.8, 4) is 0 Å². The largest absolute Gasteiger partial charge is 0.422 e. The van der Waals surface area contributed by atoms with E-state index in [1.165, 1.54) is 38.5 Å². The molecule has 0 N–H and O–H groups in total. The van der Waals surface area contributed by atoms with Gasteiger partial charge in [0.05, 0.1) is 0 Å². The van der Waals surface area contributed by atoms with Crippen LogP contribution in [0.15, 0.2) is 22.7 Å². The highest BCUT2D eigenvalue weighted by Crippen LogP contribution is 2.27. The first kappa shape index (κ1) is 10.8. The van der Waals surface area contributed by atoms with E-state index in [2.05, 4.69) is 9.97 Å². The van der Waals surface area contributed by atoms with E-state index >= 15 is 0 Å². The molecule has 3 heteroatoms. The molecule has 2 heterocycles. The number of oxazole rings is 1. The number of nitrogens with zero attached hydrogens (tertiary/aromatic N) is 2. The second-order valence-electron chi connectivity index (χ2n) is 4.98. The average molecular weight is 230 g/mol. The van der Waals surface area contributed by atoms with Crippen LogP contribution in [-0.2, 0) is 6.42 Å². The van der Waals surface area contributed by atoms with Gasteiger partial charge in [-0.1, -0.05) is 32.1 Å². The summed E-state index contributed by atoms with van der Waals surface area (Å²) in [6.45, 7) is 0. The van der Waals surface area contributed by atoms with Gasteiger partial charge in [-0.05, 0) is 24.5 Å². The molecule has 3 nitrogen and oxygen atoms in total. The molecule has 0 saturated heterocycles. The first-order chi connectivity index (χ1) is 8.42. The lowest BCUT2D eigenvalue weighted by Gasteiger charge is -2.20. The molecule has 3 rings (SSSR count). The molecule has 2 aromatic rings. The molecule has 0 atom stereocenters. The summed E-state index contributed by atoms with van der Waals surface area (Å²) in [7, 11) is 0. The van der Waals surface area contributed by atoms with Crippen LogP contribution >= 0.6 is 0 Å². The molecular formula is C14H18N2O. The van der Waals surface area contributed by atoms with E-state index in [1.54, 1.807) is 6.20 Å². The zero-order chi connectivity index (χ0) is 11.5. The lowest BCUT2D eigenvalue weighted by molar-refractivity contribution is 0.329. The van der Waals surface area contributed by atoms with Crippen LogP contribution in [0.2, 0.25) is 0 Å². The lowest BCUT2D eigenvalue weighted by Crippen LogP contribution is -2.07. The summed E-state index contributed by atoms with van der Waals surface area (Å²) in [6, 6.07) is 3.85. The predicted molar refractivity (Wildman–Crippen MR) is 66.7 cm³/mol. The number of rotatable bonds is 3. The molecule has 1 aliphatic rings. The molecule has 0 aromatic carbocycles. The Morgan fingerprint density at radius 1 is 1.24 bits per heavy atom. The van der Waals surface area contributed by atoms with Crippen LogP contribution in [0.5, 0.6) is 0 Å². The second kappa shape index (κ2) is 4.86. The number of aryl methyl sites for hydroxylation is 1. The van der Waals surface area contributed by atoms with Crippen LogP contribution in [0.3, 0.4) is 0 Å². The monoisotopic (exact) mass is 230 g/mol. The molecule has 0 spiro atoms. The third-order valence-corrected chi connectivity index (χ3v) is 3.70. The maximum Gasteiger partial charge on any atom is 0.246 e. The predicted octanol–water partition coefficient (Wildman–Crippen LogP) is 3.74. The molecule has 17 heavy (non-hydrogen) atoms. The van der Waals surface area contributed by atoms with E-state index in [0.29, 0.717) is 5.71 Å². The van der Waals surface area contributed by atoms with Crippen molar-refractivity contribution in [2.24, 2.45) is 5.92 Å². The van der Waals surface area contributed by atoms with Gasteiger partial charge in [-0.15, -0.1) is 0 Å². The molecular weight excluding hydrogens is 212 g/mol. The van der Waals surface area contributed by atoms with Gasteiger partial charge in [0.15, 0.2) is 5.89 Å². The van der Waals surface area contributed by atoms with E-state index < -0.39 is 0 Å². The van der Waals surface area contributed by atoms with Gasteiger partial charge in [-0.3, -0.25) is 0 Å². The van der Waals surface area contributed by atoms with Crippen molar-refractivity contribution in [2.75, 3.05) is 0 Å². The second-order valence-corrected chi connectivity index (χ2v) is 4.98. The van der Waals surface area contributed by atoms with Crippen molar-refractivity contribution in [2.45, 2.75) is 44.9 Å². The normalized spacial score (nSPS) is 17.6. The Balaban J connectivity index is 1.64. The summed E-state index contributed by atoms with van der Waals surface area (Å²) >= 11 is 0. The molecule has 0 amide bonds. The lowest BCUT2D eigenvalue weighted by atomic mass is 9.86. The van der Waals surface area contributed by atoms with Gasteiger partial charge in [-0.2, -0.15) is 0 Å². The number of aromatic nitrogens is 2. The molecule has 0 unspecified atom stereocenters. The van der Waals surface area contributed by atoms with E-state index in [0.717, 1.165) is 23.7 Å². The maximum atomic E-state index is 5.64. The van der Waals surface area contributed by atoms with Gasteiger partial charge in [0.2, 0.25) is 5.71 Å². The molecule has 1 fully saturated rings. The minimum absolute atomic E-state index is 0.672. The highest BCUT2D eigenvalue weighted by Gasteiger charge is 2.15.